The lowest BCUT2D eigenvalue weighted by atomic mass is 10.2. The third-order valence-corrected chi connectivity index (χ3v) is 3.49. The number of para-hydroxylation sites is 2. The van der Waals surface area contributed by atoms with Gasteiger partial charge >= 0.3 is 0 Å². The number of ether oxygens (including phenoxy) is 2. The van der Waals surface area contributed by atoms with Gasteiger partial charge in [0, 0.05) is 18.2 Å². The predicted octanol–water partition coefficient (Wildman–Crippen LogP) is 3.45. The van der Waals surface area contributed by atoms with Crippen LogP contribution < -0.4 is 20.5 Å². The highest BCUT2D eigenvalue weighted by molar-refractivity contribution is 5.92. The third-order valence-electron chi connectivity index (χ3n) is 3.49. The first-order chi connectivity index (χ1) is 11.6. The van der Waals surface area contributed by atoms with Gasteiger partial charge in [0.1, 0.15) is 0 Å². The molecule has 0 spiro atoms. The van der Waals surface area contributed by atoms with Crippen LogP contribution in [0.5, 0.6) is 11.5 Å². The molecule has 0 radical (unpaired) electrons. The number of nitrogens with two attached hydrogens (primary N) is 1. The van der Waals surface area contributed by atoms with Crippen molar-refractivity contribution in [3.05, 3.63) is 54.1 Å². The SMILES string of the molecule is COc1ccccc1OCC(C)CN=C(N)Nc1ccc(C)cc1. The monoisotopic (exact) mass is 327 g/mol. The standard InChI is InChI=1S/C19H25N3O2/c1-14-8-10-16(11-9-14)22-19(20)21-12-15(2)13-24-18-7-5-4-6-17(18)23-3/h4-11,15H,12-13H2,1-3H3,(H3,20,21,22). The molecule has 0 amide bonds. The number of aryl methyl sites for hydroxylation is 1. The Labute approximate surface area is 143 Å². The van der Waals surface area contributed by atoms with Gasteiger partial charge in [-0.05, 0) is 31.2 Å². The summed E-state index contributed by atoms with van der Waals surface area (Å²) in [6, 6.07) is 15.6. The maximum Gasteiger partial charge on any atom is 0.193 e. The molecule has 0 fully saturated rings. The number of nitrogens with one attached hydrogen (secondary N) is 1. The van der Waals surface area contributed by atoms with Crippen molar-refractivity contribution in [1.29, 1.82) is 0 Å². The average Bonchev–Trinajstić information content (AvgIpc) is 2.60. The van der Waals surface area contributed by atoms with Crippen LogP contribution in [0.4, 0.5) is 5.69 Å². The molecular formula is C19H25N3O2. The molecule has 5 heteroatoms. The van der Waals surface area contributed by atoms with Crippen molar-refractivity contribution in [3.8, 4) is 11.5 Å². The van der Waals surface area contributed by atoms with Crippen molar-refractivity contribution in [2.75, 3.05) is 25.6 Å². The van der Waals surface area contributed by atoms with E-state index in [1.165, 1.54) is 5.56 Å². The van der Waals surface area contributed by atoms with E-state index in [9.17, 15) is 0 Å². The first-order valence-electron chi connectivity index (χ1n) is 7.98. The quantitative estimate of drug-likeness (QED) is 0.604. The molecule has 1 unspecified atom stereocenters. The van der Waals surface area contributed by atoms with Crippen LogP contribution in [-0.2, 0) is 0 Å². The molecule has 2 rings (SSSR count). The summed E-state index contributed by atoms with van der Waals surface area (Å²) in [5.41, 5.74) is 8.06. The summed E-state index contributed by atoms with van der Waals surface area (Å²) in [6.45, 7) is 5.24. The van der Waals surface area contributed by atoms with Gasteiger partial charge < -0.3 is 20.5 Å². The number of benzene rings is 2. The van der Waals surface area contributed by atoms with Crippen LogP contribution in [0.1, 0.15) is 12.5 Å². The molecule has 0 saturated carbocycles. The highest BCUT2D eigenvalue weighted by Gasteiger charge is 2.07. The van der Waals surface area contributed by atoms with Crippen molar-refractivity contribution >= 4 is 11.6 Å². The lowest BCUT2D eigenvalue weighted by Crippen LogP contribution is -2.24. The second kappa shape index (κ2) is 8.82. The third kappa shape index (κ3) is 5.50. The molecule has 3 N–H and O–H groups in total. The summed E-state index contributed by atoms with van der Waals surface area (Å²) in [4.78, 5) is 4.37. The van der Waals surface area contributed by atoms with Gasteiger partial charge in [-0.15, -0.1) is 0 Å². The van der Waals surface area contributed by atoms with Crippen LogP contribution in [-0.4, -0.2) is 26.2 Å². The van der Waals surface area contributed by atoms with Crippen LogP contribution in [0.25, 0.3) is 0 Å². The minimum absolute atomic E-state index is 0.230. The smallest absolute Gasteiger partial charge is 0.193 e. The zero-order chi connectivity index (χ0) is 17.4. The Morgan fingerprint density at radius 1 is 1.12 bits per heavy atom. The molecule has 128 valence electrons. The fourth-order valence-electron chi connectivity index (χ4n) is 2.10. The van der Waals surface area contributed by atoms with Crippen LogP contribution >= 0.6 is 0 Å². The molecule has 24 heavy (non-hydrogen) atoms. The Hall–Kier alpha value is -2.69. The van der Waals surface area contributed by atoms with Crippen LogP contribution in [0.15, 0.2) is 53.5 Å². The number of hydrogen-bond acceptors (Lipinski definition) is 3. The van der Waals surface area contributed by atoms with Gasteiger partial charge in [0.05, 0.1) is 13.7 Å². The first-order valence-corrected chi connectivity index (χ1v) is 7.98. The number of aliphatic imine (C=N–C) groups is 1. The van der Waals surface area contributed by atoms with E-state index in [1.807, 2.05) is 55.5 Å². The molecule has 0 aliphatic rings. The zero-order valence-electron chi connectivity index (χ0n) is 14.5. The van der Waals surface area contributed by atoms with Gasteiger partial charge in [-0.3, -0.25) is 4.99 Å². The second-order valence-corrected chi connectivity index (χ2v) is 5.78. The van der Waals surface area contributed by atoms with Gasteiger partial charge in [0.25, 0.3) is 0 Å². The van der Waals surface area contributed by atoms with E-state index in [4.69, 9.17) is 15.2 Å². The van der Waals surface area contributed by atoms with Crippen LogP contribution in [0, 0.1) is 12.8 Å². The minimum Gasteiger partial charge on any atom is -0.493 e. The average molecular weight is 327 g/mol. The summed E-state index contributed by atoms with van der Waals surface area (Å²) in [7, 11) is 1.63. The van der Waals surface area contributed by atoms with Crippen molar-refractivity contribution in [3.63, 3.8) is 0 Å². The first kappa shape index (κ1) is 17.7. The molecule has 0 saturated heterocycles. The second-order valence-electron chi connectivity index (χ2n) is 5.78. The molecule has 1 atom stereocenters. The number of anilines is 1. The van der Waals surface area contributed by atoms with Gasteiger partial charge in [0.2, 0.25) is 0 Å². The van der Waals surface area contributed by atoms with E-state index < -0.39 is 0 Å². The number of guanidine groups is 1. The summed E-state index contributed by atoms with van der Waals surface area (Å²) < 4.78 is 11.1. The summed E-state index contributed by atoms with van der Waals surface area (Å²) >= 11 is 0. The predicted molar refractivity (Wildman–Crippen MR) is 98.9 cm³/mol. The Kier molecular flexibility index (Phi) is 6.49. The maximum absolute atomic E-state index is 5.92. The van der Waals surface area contributed by atoms with E-state index in [0.29, 0.717) is 19.1 Å². The van der Waals surface area contributed by atoms with Crippen LogP contribution in [0.3, 0.4) is 0 Å². The summed E-state index contributed by atoms with van der Waals surface area (Å²) in [5, 5.41) is 3.08. The molecule has 0 aliphatic heterocycles. The zero-order valence-corrected chi connectivity index (χ0v) is 14.5. The van der Waals surface area contributed by atoms with E-state index in [0.717, 1.165) is 17.2 Å². The lowest BCUT2D eigenvalue weighted by molar-refractivity contribution is 0.251. The Morgan fingerprint density at radius 2 is 1.79 bits per heavy atom. The molecule has 0 aliphatic carbocycles. The molecule has 5 nitrogen and oxygen atoms in total. The summed E-state index contributed by atoms with van der Waals surface area (Å²) in [6.07, 6.45) is 0. The molecule has 0 heterocycles. The van der Waals surface area contributed by atoms with E-state index >= 15 is 0 Å². The van der Waals surface area contributed by atoms with Gasteiger partial charge in [-0.1, -0.05) is 36.8 Å². The lowest BCUT2D eigenvalue weighted by Gasteiger charge is -2.14. The number of hydrogen-bond donors (Lipinski definition) is 2. The van der Waals surface area contributed by atoms with E-state index in [-0.39, 0.29) is 5.92 Å². The number of nitrogens with zero attached hydrogens (tertiary/aromatic N) is 1. The number of rotatable bonds is 7. The van der Waals surface area contributed by atoms with Crippen molar-refractivity contribution in [2.24, 2.45) is 16.6 Å². The van der Waals surface area contributed by atoms with Crippen molar-refractivity contribution in [2.45, 2.75) is 13.8 Å². The maximum atomic E-state index is 5.92. The Balaban J connectivity index is 1.81. The minimum atomic E-state index is 0.230. The normalized spacial score (nSPS) is 12.5. The van der Waals surface area contributed by atoms with E-state index in [1.54, 1.807) is 7.11 Å². The van der Waals surface area contributed by atoms with Gasteiger partial charge in [0.15, 0.2) is 17.5 Å². The van der Waals surface area contributed by atoms with Gasteiger partial charge in [-0.2, -0.15) is 0 Å². The fourth-order valence-corrected chi connectivity index (χ4v) is 2.10. The van der Waals surface area contributed by atoms with Crippen molar-refractivity contribution in [1.82, 2.24) is 0 Å². The van der Waals surface area contributed by atoms with Crippen molar-refractivity contribution < 1.29 is 9.47 Å². The summed E-state index contributed by atoms with van der Waals surface area (Å²) in [5.74, 6) is 2.10. The Bertz CT molecular complexity index is 669. The molecule has 2 aromatic carbocycles. The van der Waals surface area contributed by atoms with Gasteiger partial charge in [-0.25, -0.2) is 0 Å². The highest BCUT2D eigenvalue weighted by atomic mass is 16.5. The highest BCUT2D eigenvalue weighted by Crippen LogP contribution is 2.26. The Morgan fingerprint density at radius 3 is 2.46 bits per heavy atom. The molecular weight excluding hydrogens is 302 g/mol. The molecule has 0 bridgehead atoms. The van der Waals surface area contributed by atoms with E-state index in [2.05, 4.69) is 17.2 Å². The van der Waals surface area contributed by atoms with Crippen LogP contribution in [0.2, 0.25) is 0 Å². The molecule has 0 aromatic heterocycles. The largest absolute Gasteiger partial charge is 0.493 e. The topological polar surface area (TPSA) is 68.9 Å². The number of methoxy groups -OCH3 is 1. The fraction of sp³-hybridized carbons (Fsp3) is 0.316. The molecule has 2 aromatic rings.